The average molecular weight is 299 g/mol. The Kier molecular flexibility index (Phi) is 5.00. The molecule has 0 radical (unpaired) electrons. The van der Waals surface area contributed by atoms with Crippen LogP contribution in [0.3, 0.4) is 0 Å². The zero-order valence-electron chi connectivity index (χ0n) is 12.1. The summed E-state index contributed by atoms with van der Waals surface area (Å²) >= 11 is 0. The van der Waals surface area contributed by atoms with Gasteiger partial charge in [-0.05, 0) is 12.8 Å². The summed E-state index contributed by atoms with van der Waals surface area (Å²) in [6.45, 7) is 1.62. The number of nitrogens with one attached hydrogen (secondary N) is 1. The number of carbonyl (C=O) groups excluding carboxylic acids is 2. The molecular formula is C13H21N3O5. The first-order valence-electron chi connectivity index (χ1n) is 7.12. The van der Waals surface area contributed by atoms with E-state index in [1.807, 2.05) is 0 Å². The molecule has 0 aliphatic carbocycles. The number of rotatable bonds is 2. The van der Waals surface area contributed by atoms with Gasteiger partial charge >= 0.3 is 12.0 Å². The Morgan fingerprint density at radius 3 is 2.71 bits per heavy atom. The number of hydrogen-bond acceptors (Lipinski definition) is 4. The summed E-state index contributed by atoms with van der Waals surface area (Å²) < 4.78 is 5.26. The summed E-state index contributed by atoms with van der Waals surface area (Å²) in [6.07, 6.45) is 1.25. The predicted molar refractivity (Wildman–Crippen MR) is 72.7 cm³/mol. The maximum atomic E-state index is 12.6. The van der Waals surface area contributed by atoms with Crippen LogP contribution in [0, 0.1) is 5.92 Å². The lowest BCUT2D eigenvalue weighted by atomic mass is 9.98. The van der Waals surface area contributed by atoms with Crippen molar-refractivity contribution in [2.24, 2.45) is 5.92 Å². The second kappa shape index (κ2) is 6.75. The molecule has 2 aliphatic heterocycles. The Morgan fingerprint density at radius 1 is 1.29 bits per heavy atom. The summed E-state index contributed by atoms with van der Waals surface area (Å²) in [5.41, 5.74) is 0. The lowest BCUT2D eigenvalue weighted by molar-refractivity contribution is -0.143. The van der Waals surface area contributed by atoms with Crippen LogP contribution < -0.4 is 5.32 Å². The predicted octanol–water partition coefficient (Wildman–Crippen LogP) is -0.650. The lowest BCUT2D eigenvalue weighted by Crippen LogP contribution is -2.59. The van der Waals surface area contributed by atoms with Crippen LogP contribution in [0.1, 0.15) is 12.8 Å². The minimum atomic E-state index is -0.877. The Hall–Kier alpha value is -1.83. The molecule has 2 fully saturated rings. The van der Waals surface area contributed by atoms with Gasteiger partial charge in [-0.2, -0.15) is 0 Å². The van der Waals surface area contributed by atoms with Crippen molar-refractivity contribution in [3.05, 3.63) is 0 Å². The molecule has 2 rings (SSSR count). The molecule has 3 amide bonds. The van der Waals surface area contributed by atoms with Crippen LogP contribution in [-0.2, 0) is 14.3 Å². The summed E-state index contributed by atoms with van der Waals surface area (Å²) in [7, 11) is 1.51. The molecule has 2 aliphatic rings. The summed E-state index contributed by atoms with van der Waals surface area (Å²) in [5.74, 6) is -1.67. The highest BCUT2D eigenvalue weighted by Crippen LogP contribution is 2.19. The zero-order valence-corrected chi connectivity index (χ0v) is 12.1. The molecule has 0 spiro atoms. The van der Waals surface area contributed by atoms with Gasteiger partial charge in [0.1, 0.15) is 6.04 Å². The zero-order chi connectivity index (χ0) is 15.4. The second-order valence-corrected chi connectivity index (χ2v) is 5.30. The fourth-order valence-electron chi connectivity index (χ4n) is 2.75. The first kappa shape index (κ1) is 15.6. The van der Waals surface area contributed by atoms with E-state index in [2.05, 4.69) is 5.32 Å². The Bertz CT molecular complexity index is 428. The molecule has 8 heteroatoms. The number of hydrogen-bond donors (Lipinski definition) is 2. The van der Waals surface area contributed by atoms with Gasteiger partial charge in [0.25, 0.3) is 0 Å². The number of aliphatic carboxylic acids is 1. The molecule has 2 saturated heterocycles. The third-order valence-electron chi connectivity index (χ3n) is 3.96. The molecule has 1 unspecified atom stereocenters. The fraction of sp³-hybridized carbons (Fsp3) is 0.769. The Balaban J connectivity index is 2.06. The van der Waals surface area contributed by atoms with E-state index in [0.29, 0.717) is 32.5 Å². The van der Waals surface area contributed by atoms with E-state index in [4.69, 9.17) is 9.84 Å². The molecule has 0 bridgehead atoms. The summed E-state index contributed by atoms with van der Waals surface area (Å²) in [5, 5.41) is 11.6. The topological polar surface area (TPSA) is 99.2 Å². The van der Waals surface area contributed by atoms with Crippen LogP contribution >= 0.6 is 0 Å². The van der Waals surface area contributed by atoms with Crippen molar-refractivity contribution >= 4 is 17.9 Å². The molecule has 0 aromatic heterocycles. The molecule has 2 N–H and O–H groups in total. The smallest absolute Gasteiger partial charge is 0.320 e. The number of likely N-dealkylation sites (tertiary alicyclic amines) is 1. The number of nitrogens with zero attached hydrogens (tertiary/aromatic N) is 2. The fourth-order valence-corrected chi connectivity index (χ4v) is 2.75. The highest BCUT2D eigenvalue weighted by Gasteiger charge is 2.37. The van der Waals surface area contributed by atoms with Crippen LogP contribution in [0.15, 0.2) is 0 Å². The normalized spacial score (nSPS) is 26.3. The quantitative estimate of drug-likeness (QED) is 0.706. The van der Waals surface area contributed by atoms with Gasteiger partial charge in [0.05, 0.1) is 19.1 Å². The van der Waals surface area contributed by atoms with Crippen molar-refractivity contribution in [3.63, 3.8) is 0 Å². The van der Waals surface area contributed by atoms with Gasteiger partial charge in [0.15, 0.2) is 0 Å². The van der Waals surface area contributed by atoms with E-state index in [0.717, 1.165) is 0 Å². The molecule has 2 atom stereocenters. The Morgan fingerprint density at radius 2 is 2.05 bits per heavy atom. The number of likely N-dealkylation sites (N-methyl/N-ethyl adjacent to an activating group) is 1. The van der Waals surface area contributed by atoms with Gasteiger partial charge in [0.2, 0.25) is 5.91 Å². The molecule has 21 heavy (non-hydrogen) atoms. The number of morpholine rings is 1. The van der Waals surface area contributed by atoms with Crippen molar-refractivity contribution in [1.29, 1.82) is 0 Å². The number of ether oxygens (including phenoxy) is 1. The van der Waals surface area contributed by atoms with Crippen molar-refractivity contribution in [1.82, 2.24) is 15.1 Å². The van der Waals surface area contributed by atoms with E-state index < -0.39 is 17.9 Å². The number of carboxylic acid groups (broad SMARTS) is 1. The minimum Gasteiger partial charge on any atom is -0.481 e. The summed E-state index contributed by atoms with van der Waals surface area (Å²) in [6, 6.07) is -0.931. The molecule has 0 aromatic rings. The van der Waals surface area contributed by atoms with Crippen LogP contribution in [0.2, 0.25) is 0 Å². The van der Waals surface area contributed by atoms with Crippen LogP contribution in [0.4, 0.5) is 4.79 Å². The number of amides is 3. The van der Waals surface area contributed by atoms with Crippen molar-refractivity contribution in [2.75, 3.05) is 39.9 Å². The number of urea groups is 1. The maximum Gasteiger partial charge on any atom is 0.320 e. The molecule has 0 saturated carbocycles. The van der Waals surface area contributed by atoms with Gasteiger partial charge < -0.3 is 25.0 Å². The summed E-state index contributed by atoms with van der Waals surface area (Å²) in [4.78, 5) is 38.5. The molecule has 0 aromatic carbocycles. The highest BCUT2D eigenvalue weighted by atomic mass is 16.5. The van der Waals surface area contributed by atoms with Gasteiger partial charge in [-0.15, -0.1) is 0 Å². The van der Waals surface area contributed by atoms with E-state index in [-0.39, 0.29) is 25.1 Å². The molecule has 2 heterocycles. The standard InChI is InChI=1S/C13H21N3O5/c1-14-11(17)10-8-21-6-5-16(10)13(20)15-4-2-3-9(7-15)12(18)19/h9-10H,2-8H2,1H3,(H,14,17)(H,18,19)/t9-,10?/m0/s1. The van der Waals surface area contributed by atoms with Crippen molar-refractivity contribution < 1.29 is 24.2 Å². The van der Waals surface area contributed by atoms with E-state index in [9.17, 15) is 14.4 Å². The van der Waals surface area contributed by atoms with Gasteiger partial charge in [-0.1, -0.05) is 0 Å². The molecule has 118 valence electrons. The Labute approximate surface area is 123 Å². The second-order valence-electron chi connectivity index (χ2n) is 5.30. The van der Waals surface area contributed by atoms with Crippen molar-refractivity contribution in [2.45, 2.75) is 18.9 Å². The van der Waals surface area contributed by atoms with Crippen LogP contribution in [-0.4, -0.2) is 78.8 Å². The number of carboxylic acids is 1. The first-order chi connectivity index (χ1) is 10.0. The third-order valence-corrected chi connectivity index (χ3v) is 3.96. The minimum absolute atomic E-state index is 0.168. The maximum absolute atomic E-state index is 12.6. The first-order valence-corrected chi connectivity index (χ1v) is 7.12. The third kappa shape index (κ3) is 3.44. The monoisotopic (exact) mass is 299 g/mol. The van der Waals surface area contributed by atoms with E-state index in [1.165, 1.54) is 16.8 Å². The van der Waals surface area contributed by atoms with Crippen molar-refractivity contribution in [3.8, 4) is 0 Å². The van der Waals surface area contributed by atoms with Gasteiger partial charge in [0, 0.05) is 26.7 Å². The van der Waals surface area contributed by atoms with Gasteiger partial charge in [-0.25, -0.2) is 4.79 Å². The van der Waals surface area contributed by atoms with Crippen LogP contribution in [0.5, 0.6) is 0 Å². The largest absolute Gasteiger partial charge is 0.481 e. The van der Waals surface area contributed by atoms with E-state index in [1.54, 1.807) is 0 Å². The molecular weight excluding hydrogens is 278 g/mol. The van der Waals surface area contributed by atoms with Gasteiger partial charge in [-0.3, -0.25) is 9.59 Å². The average Bonchev–Trinajstić information content (AvgIpc) is 2.53. The highest BCUT2D eigenvalue weighted by molar-refractivity contribution is 5.87. The van der Waals surface area contributed by atoms with Crippen LogP contribution in [0.25, 0.3) is 0 Å². The molecule has 8 nitrogen and oxygen atoms in total. The number of carbonyl (C=O) groups is 3. The van der Waals surface area contributed by atoms with E-state index >= 15 is 0 Å². The number of piperidine rings is 1. The SMILES string of the molecule is CNC(=O)C1COCCN1C(=O)N1CCC[C@H](C(=O)O)C1. The lowest BCUT2D eigenvalue weighted by Gasteiger charge is -2.40.